The number of fused-ring (bicyclic) bond motifs is 1. The molecule has 0 unspecified atom stereocenters. The van der Waals surface area contributed by atoms with Crippen molar-refractivity contribution >= 4 is 30.6 Å². The summed E-state index contributed by atoms with van der Waals surface area (Å²) < 4.78 is 30.6. The molecule has 0 radical (unpaired) electrons. The van der Waals surface area contributed by atoms with Crippen molar-refractivity contribution in [3.05, 3.63) is 24.4 Å². The number of aryl methyl sites for hydroxylation is 1. The highest BCUT2D eigenvalue weighted by atomic mass is 35.7. The van der Waals surface area contributed by atoms with E-state index in [1.807, 2.05) is 30.5 Å². The van der Waals surface area contributed by atoms with E-state index in [2.05, 4.69) is 0 Å². The van der Waals surface area contributed by atoms with Crippen LogP contribution in [0.5, 0.6) is 5.75 Å². The average Bonchev–Trinajstić information content (AvgIpc) is 2.69. The summed E-state index contributed by atoms with van der Waals surface area (Å²) in [6.07, 6.45) is 1.55. The first kappa shape index (κ1) is 13.2. The molecule has 98 valence electrons. The lowest BCUT2D eigenvalue weighted by atomic mass is 10.2. The van der Waals surface area contributed by atoms with Gasteiger partial charge >= 0.3 is 0 Å². The van der Waals surface area contributed by atoms with E-state index >= 15 is 0 Å². The van der Waals surface area contributed by atoms with Gasteiger partial charge in [-0.2, -0.15) is 0 Å². The van der Waals surface area contributed by atoms with Crippen molar-refractivity contribution in [2.24, 2.45) is 0 Å². The summed E-state index contributed by atoms with van der Waals surface area (Å²) in [6, 6.07) is 5.44. The SMILES string of the molecule is CCOc1cccc2c1c(S(=O)(=O)Cl)cn2CC. The van der Waals surface area contributed by atoms with Crippen molar-refractivity contribution in [2.45, 2.75) is 25.3 Å². The predicted octanol–water partition coefficient (Wildman–Crippen LogP) is 2.99. The molecule has 0 N–H and O–H groups in total. The Morgan fingerprint density at radius 1 is 1.33 bits per heavy atom. The summed E-state index contributed by atoms with van der Waals surface area (Å²) in [7, 11) is 1.70. The summed E-state index contributed by atoms with van der Waals surface area (Å²) in [6.45, 7) is 4.93. The van der Waals surface area contributed by atoms with Crippen LogP contribution in [-0.2, 0) is 15.6 Å². The number of hydrogen-bond donors (Lipinski definition) is 0. The summed E-state index contributed by atoms with van der Waals surface area (Å²) in [5.74, 6) is 0.543. The topological polar surface area (TPSA) is 48.3 Å². The molecule has 1 aromatic heterocycles. The number of rotatable bonds is 4. The number of ether oxygens (including phenoxy) is 1. The Morgan fingerprint density at radius 2 is 2.06 bits per heavy atom. The fourth-order valence-corrected chi connectivity index (χ4v) is 3.06. The number of aromatic nitrogens is 1. The van der Waals surface area contributed by atoms with E-state index in [1.54, 1.807) is 12.3 Å². The van der Waals surface area contributed by atoms with Gasteiger partial charge in [-0.1, -0.05) is 6.07 Å². The van der Waals surface area contributed by atoms with E-state index in [9.17, 15) is 8.42 Å². The van der Waals surface area contributed by atoms with Crippen molar-refractivity contribution in [3.63, 3.8) is 0 Å². The predicted molar refractivity (Wildman–Crippen MR) is 71.8 cm³/mol. The van der Waals surface area contributed by atoms with Crippen LogP contribution in [-0.4, -0.2) is 19.6 Å². The molecule has 1 heterocycles. The first-order valence-electron chi connectivity index (χ1n) is 5.68. The number of benzene rings is 1. The Hall–Kier alpha value is -1.20. The van der Waals surface area contributed by atoms with Crippen LogP contribution < -0.4 is 4.74 Å². The van der Waals surface area contributed by atoms with E-state index in [0.717, 1.165) is 5.52 Å². The van der Waals surface area contributed by atoms with Gasteiger partial charge in [0.15, 0.2) is 0 Å². The van der Waals surface area contributed by atoms with E-state index < -0.39 is 9.05 Å². The van der Waals surface area contributed by atoms with Gasteiger partial charge in [0, 0.05) is 23.4 Å². The van der Waals surface area contributed by atoms with Crippen molar-refractivity contribution in [3.8, 4) is 5.75 Å². The third-order valence-corrected chi connectivity index (χ3v) is 4.07. The van der Waals surface area contributed by atoms with Crippen molar-refractivity contribution in [2.75, 3.05) is 6.61 Å². The second-order valence-electron chi connectivity index (χ2n) is 3.80. The Kier molecular flexibility index (Phi) is 3.54. The molecular formula is C12H14ClNO3S. The minimum atomic E-state index is -3.79. The highest BCUT2D eigenvalue weighted by Crippen LogP contribution is 2.35. The summed E-state index contributed by atoms with van der Waals surface area (Å²) in [4.78, 5) is 0.102. The molecule has 18 heavy (non-hydrogen) atoms. The summed E-state index contributed by atoms with van der Waals surface area (Å²) >= 11 is 0. The molecule has 0 spiro atoms. The first-order chi connectivity index (χ1) is 8.49. The Morgan fingerprint density at radius 3 is 2.61 bits per heavy atom. The van der Waals surface area contributed by atoms with Gasteiger partial charge < -0.3 is 9.30 Å². The van der Waals surface area contributed by atoms with Crippen molar-refractivity contribution in [1.29, 1.82) is 0 Å². The van der Waals surface area contributed by atoms with Crippen LogP contribution in [0.4, 0.5) is 0 Å². The number of halogens is 1. The molecule has 6 heteroatoms. The van der Waals surface area contributed by atoms with Crippen LogP contribution in [0.15, 0.2) is 29.3 Å². The fraction of sp³-hybridized carbons (Fsp3) is 0.333. The van der Waals surface area contributed by atoms with Crippen LogP contribution in [0.25, 0.3) is 10.9 Å². The minimum Gasteiger partial charge on any atom is -0.493 e. The summed E-state index contributed by atoms with van der Waals surface area (Å²) in [5, 5.41) is 0.552. The normalized spacial score (nSPS) is 11.9. The van der Waals surface area contributed by atoms with Gasteiger partial charge in [-0.3, -0.25) is 0 Å². The van der Waals surface area contributed by atoms with Gasteiger partial charge in [0.05, 0.1) is 17.5 Å². The van der Waals surface area contributed by atoms with Crippen LogP contribution >= 0.6 is 10.7 Å². The van der Waals surface area contributed by atoms with Crippen LogP contribution in [0.2, 0.25) is 0 Å². The quantitative estimate of drug-likeness (QED) is 0.812. The molecule has 0 aliphatic heterocycles. The van der Waals surface area contributed by atoms with Gasteiger partial charge in [-0.25, -0.2) is 8.42 Å². The maximum Gasteiger partial charge on any atom is 0.263 e. The van der Waals surface area contributed by atoms with Gasteiger partial charge in [-0.15, -0.1) is 0 Å². The molecule has 0 fully saturated rings. The third-order valence-electron chi connectivity index (χ3n) is 2.74. The molecule has 1 aromatic carbocycles. The Labute approximate surface area is 111 Å². The van der Waals surface area contributed by atoms with Gasteiger partial charge in [-0.05, 0) is 26.0 Å². The monoisotopic (exact) mass is 287 g/mol. The largest absolute Gasteiger partial charge is 0.493 e. The highest BCUT2D eigenvalue weighted by molar-refractivity contribution is 8.14. The van der Waals surface area contributed by atoms with Crippen LogP contribution in [0.3, 0.4) is 0 Å². The lowest BCUT2D eigenvalue weighted by Gasteiger charge is -2.06. The number of nitrogens with zero attached hydrogens (tertiary/aromatic N) is 1. The smallest absolute Gasteiger partial charge is 0.263 e. The molecule has 2 rings (SSSR count). The molecule has 2 aromatic rings. The Bertz CT molecular complexity index is 676. The van der Waals surface area contributed by atoms with Crippen LogP contribution in [0, 0.1) is 0 Å². The van der Waals surface area contributed by atoms with Crippen LogP contribution in [0.1, 0.15) is 13.8 Å². The zero-order valence-electron chi connectivity index (χ0n) is 10.2. The molecule has 0 saturated heterocycles. The molecule has 0 saturated carbocycles. The van der Waals surface area contributed by atoms with E-state index in [4.69, 9.17) is 15.4 Å². The first-order valence-corrected chi connectivity index (χ1v) is 7.99. The molecule has 0 aliphatic rings. The number of hydrogen-bond acceptors (Lipinski definition) is 3. The van der Waals surface area contributed by atoms with Gasteiger partial charge in [0.25, 0.3) is 9.05 Å². The lowest BCUT2D eigenvalue weighted by Crippen LogP contribution is -1.94. The zero-order chi connectivity index (χ0) is 13.3. The lowest BCUT2D eigenvalue weighted by molar-refractivity contribution is 0.344. The maximum absolute atomic E-state index is 11.6. The average molecular weight is 288 g/mol. The van der Waals surface area contributed by atoms with Crippen molar-refractivity contribution < 1.29 is 13.2 Å². The maximum atomic E-state index is 11.6. The standard InChI is InChI=1S/C12H14ClNO3S/c1-3-14-8-11(18(13,15)16)12-9(14)6-5-7-10(12)17-4-2/h5-8H,3-4H2,1-2H3. The van der Waals surface area contributed by atoms with Crippen molar-refractivity contribution in [1.82, 2.24) is 4.57 Å². The third kappa shape index (κ3) is 2.20. The fourth-order valence-electron chi connectivity index (χ4n) is 2.00. The second-order valence-corrected chi connectivity index (χ2v) is 6.33. The molecular weight excluding hydrogens is 274 g/mol. The van der Waals surface area contributed by atoms with Gasteiger partial charge in [0.1, 0.15) is 10.6 Å². The molecule has 0 bridgehead atoms. The Balaban J connectivity index is 2.86. The molecule has 4 nitrogen and oxygen atoms in total. The molecule has 0 amide bonds. The molecule has 0 atom stereocenters. The second kappa shape index (κ2) is 4.82. The summed E-state index contributed by atoms with van der Waals surface area (Å²) in [5.41, 5.74) is 0.808. The molecule has 0 aliphatic carbocycles. The minimum absolute atomic E-state index is 0.102. The zero-order valence-corrected chi connectivity index (χ0v) is 11.8. The van der Waals surface area contributed by atoms with Gasteiger partial charge in [0.2, 0.25) is 0 Å². The van der Waals surface area contributed by atoms with E-state index in [1.165, 1.54) is 0 Å². The highest BCUT2D eigenvalue weighted by Gasteiger charge is 2.21. The van der Waals surface area contributed by atoms with E-state index in [-0.39, 0.29) is 4.90 Å². The van der Waals surface area contributed by atoms with E-state index in [0.29, 0.717) is 24.3 Å².